The van der Waals surface area contributed by atoms with Gasteiger partial charge in [0.1, 0.15) is 11.2 Å². The smallest absolute Gasteiger partial charge is 0.405 e. The minimum absolute atomic E-state index is 0.0611. The number of ether oxygens (including phenoxy) is 1. The zero-order valence-electron chi connectivity index (χ0n) is 20.5. The van der Waals surface area contributed by atoms with E-state index in [4.69, 9.17) is 21.4 Å². The number of amides is 3. The van der Waals surface area contributed by atoms with E-state index in [1.54, 1.807) is 24.3 Å². The summed E-state index contributed by atoms with van der Waals surface area (Å²) in [7, 11) is 1.39. The molecule has 0 saturated carbocycles. The highest BCUT2D eigenvalue weighted by Crippen LogP contribution is 2.24. The molecule has 4 aromatic rings. The zero-order chi connectivity index (χ0) is 27.9. The van der Waals surface area contributed by atoms with E-state index in [0.29, 0.717) is 11.8 Å². The number of carbonyl (C=O) groups excluding carboxylic acids is 2. The number of hydrogen-bond acceptors (Lipinski definition) is 7. The molecule has 0 radical (unpaired) electrons. The maximum atomic E-state index is 12.9. The summed E-state index contributed by atoms with van der Waals surface area (Å²) < 4.78 is 4.94. The summed E-state index contributed by atoms with van der Waals surface area (Å²) in [6, 6.07) is 14.2. The number of anilines is 1. The summed E-state index contributed by atoms with van der Waals surface area (Å²) in [5.74, 6) is -1.21. The molecule has 12 nitrogen and oxygen atoms in total. The molecular formula is C26H23ClN6O6. The second kappa shape index (κ2) is 12.0. The number of benzene rings is 2. The molecule has 2 aromatic heterocycles. The number of carboxylic acid groups (broad SMARTS) is 1. The first kappa shape index (κ1) is 27.1. The lowest BCUT2D eigenvalue weighted by molar-refractivity contribution is 0.0950. The second-order valence-corrected chi connectivity index (χ2v) is 8.69. The Hall–Kier alpha value is -4.97. The fraction of sp³-hybridized carbons (Fsp3) is 0.154. The van der Waals surface area contributed by atoms with Crippen molar-refractivity contribution in [1.29, 1.82) is 0 Å². The van der Waals surface area contributed by atoms with Crippen molar-refractivity contribution in [2.24, 2.45) is 0 Å². The number of carbonyl (C=O) groups is 3. The predicted octanol–water partition coefficient (Wildman–Crippen LogP) is 3.36. The molecule has 0 aliphatic carbocycles. The number of fused-ring (bicyclic) bond motifs is 1. The Bertz CT molecular complexity index is 1590. The number of halogens is 1. The topological polar surface area (TPSA) is 175 Å². The Morgan fingerprint density at radius 1 is 1.10 bits per heavy atom. The molecule has 5 N–H and O–H groups in total. The molecule has 4 rings (SSSR count). The minimum atomic E-state index is -1.18. The molecule has 13 heteroatoms. The summed E-state index contributed by atoms with van der Waals surface area (Å²) in [6.45, 7) is 0.169. The van der Waals surface area contributed by atoms with Gasteiger partial charge in [-0.15, -0.1) is 0 Å². The van der Waals surface area contributed by atoms with Crippen LogP contribution in [0.3, 0.4) is 0 Å². The molecule has 0 aliphatic rings. The van der Waals surface area contributed by atoms with Gasteiger partial charge in [0.15, 0.2) is 0 Å². The highest BCUT2D eigenvalue weighted by Gasteiger charge is 2.18. The van der Waals surface area contributed by atoms with Gasteiger partial charge >= 0.3 is 12.1 Å². The van der Waals surface area contributed by atoms with Crippen molar-refractivity contribution in [1.82, 2.24) is 25.6 Å². The molecular weight excluding hydrogens is 528 g/mol. The van der Waals surface area contributed by atoms with Crippen molar-refractivity contribution in [2.75, 3.05) is 19.0 Å². The van der Waals surface area contributed by atoms with Gasteiger partial charge in [0.25, 0.3) is 17.4 Å². The highest BCUT2D eigenvalue weighted by molar-refractivity contribution is 6.34. The van der Waals surface area contributed by atoms with Crippen LogP contribution in [0.2, 0.25) is 5.02 Å². The first-order chi connectivity index (χ1) is 18.7. The van der Waals surface area contributed by atoms with Crippen molar-refractivity contribution < 1.29 is 24.2 Å². The second-order valence-electron chi connectivity index (χ2n) is 8.28. The molecule has 1 atom stereocenters. The van der Waals surface area contributed by atoms with E-state index in [-0.39, 0.29) is 40.0 Å². The standard InChI is InChI=1S/C26H23ClN6O6/c1-39-25-29-13-16-11-17(24(36)32-21(16)33-25)23(35)30-20-12-15(7-8-18(20)27)22(34)28-10-9-19(31-26(37)38)14-5-3-2-4-6-14/h2-8,11-13,19,31H,9-10H2,1H3,(H,28,34)(H,30,35)(H,37,38)(H,29,32,33,36). The first-order valence-corrected chi connectivity index (χ1v) is 12.0. The van der Waals surface area contributed by atoms with Gasteiger partial charge in [0.05, 0.1) is 23.9 Å². The van der Waals surface area contributed by atoms with Crippen molar-refractivity contribution in [3.63, 3.8) is 0 Å². The lowest BCUT2D eigenvalue weighted by Crippen LogP contribution is -2.32. The van der Waals surface area contributed by atoms with Crippen molar-refractivity contribution in [3.05, 3.63) is 92.9 Å². The van der Waals surface area contributed by atoms with Gasteiger partial charge in [-0.2, -0.15) is 4.98 Å². The largest absolute Gasteiger partial charge is 0.467 e. The van der Waals surface area contributed by atoms with Gasteiger partial charge in [0.2, 0.25) is 0 Å². The van der Waals surface area contributed by atoms with Crippen molar-refractivity contribution in [2.45, 2.75) is 12.5 Å². The van der Waals surface area contributed by atoms with E-state index in [2.05, 4.69) is 30.9 Å². The van der Waals surface area contributed by atoms with E-state index in [0.717, 1.165) is 5.56 Å². The van der Waals surface area contributed by atoms with Crippen LogP contribution in [-0.4, -0.2) is 51.6 Å². The average Bonchev–Trinajstić information content (AvgIpc) is 2.93. The van der Waals surface area contributed by atoms with Crippen LogP contribution in [0.1, 0.15) is 38.7 Å². The van der Waals surface area contributed by atoms with Crippen LogP contribution < -0.4 is 26.2 Å². The van der Waals surface area contributed by atoms with Gasteiger partial charge in [-0.1, -0.05) is 41.9 Å². The molecule has 39 heavy (non-hydrogen) atoms. The Kier molecular flexibility index (Phi) is 8.37. The van der Waals surface area contributed by atoms with Gasteiger partial charge < -0.3 is 30.8 Å². The van der Waals surface area contributed by atoms with Crippen LogP contribution >= 0.6 is 11.6 Å². The van der Waals surface area contributed by atoms with Gasteiger partial charge in [-0.05, 0) is 36.2 Å². The number of rotatable bonds is 9. The predicted molar refractivity (Wildman–Crippen MR) is 143 cm³/mol. The van der Waals surface area contributed by atoms with Gasteiger partial charge in [-0.3, -0.25) is 14.4 Å². The molecule has 0 bridgehead atoms. The molecule has 0 aliphatic heterocycles. The third kappa shape index (κ3) is 6.67. The number of aromatic nitrogens is 3. The molecule has 0 spiro atoms. The summed E-state index contributed by atoms with van der Waals surface area (Å²) in [5, 5.41) is 17.5. The molecule has 0 fully saturated rings. The number of aromatic amines is 1. The monoisotopic (exact) mass is 550 g/mol. The summed E-state index contributed by atoms with van der Waals surface area (Å²) >= 11 is 6.23. The maximum absolute atomic E-state index is 12.9. The Morgan fingerprint density at radius 2 is 1.87 bits per heavy atom. The van der Waals surface area contributed by atoms with Crippen LogP contribution in [0.4, 0.5) is 10.5 Å². The minimum Gasteiger partial charge on any atom is -0.467 e. The van der Waals surface area contributed by atoms with Crippen LogP contribution in [0, 0.1) is 0 Å². The van der Waals surface area contributed by atoms with Crippen molar-refractivity contribution >= 4 is 46.2 Å². The van der Waals surface area contributed by atoms with E-state index in [1.165, 1.54) is 37.6 Å². The SMILES string of the molecule is COc1ncc2cc(C(=O)Nc3cc(C(=O)NCCC(NC(=O)O)c4ccccc4)ccc3Cl)c(=O)[nH]c2n1. The molecule has 200 valence electrons. The molecule has 0 saturated heterocycles. The molecule has 1 unspecified atom stereocenters. The molecule has 2 aromatic carbocycles. The van der Waals surface area contributed by atoms with E-state index in [9.17, 15) is 19.2 Å². The fourth-order valence-electron chi connectivity index (χ4n) is 3.78. The number of H-pyrrole nitrogens is 1. The Labute approximate surface area is 226 Å². The molecule has 2 heterocycles. The number of nitrogens with one attached hydrogen (secondary N) is 4. The fourth-order valence-corrected chi connectivity index (χ4v) is 3.95. The lowest BCUT2D eigenvalue weighted by Gasteiger charge is -2.18. The van der Waals surface area contributed by atoms with Gasteiger partial charge in [0, 0.05) is 23.7 Å². The van der Waals surface area contributed by atoms with Crippen LogP contribution in [0.15, 0.2) is 65.6 Å². The number of hydrogen-bond donors (Lipinski definition) is 5. The van der Waals surface area contributed by atoms with Crippen LogP contribution in [0.5, 0.6) is 6.01 Å². The average molecular weight is 551 g/mol. The van der Waals surface area contributed by atoms with E-state index >= 15 is 0 Å². The summed E-state index contributed by atoms with van der Waals surface area (Å²) in [6.07, 6.45) is 0.533. The quantitative estimate of drug-likeness (QED) is 0.211. The Morgan fingerprint density at radius 3 is 2.59 bits per heavy atom. The number of pyridine rings is 1. The van der Waals surface area contributed by atoms with Crippen molar-refractivity contribution in [3.8, 4) is 6.01 Å². The maximum Gasteiger partial charge on any atom is 0.405 e. The molecule has 3 amide bonds. The van der Waals surface area contributed by atoms with E-state index < -0.39 is 29.5 Å². The third-order valence-corrected chi connectivity index (χ3v) is 6.02. The number of methoxy groups -OCH3 is 1. The normalized spacial score (nSPS) is 11.4. The zero-order valence-corrected chi connectivity index (χ0v) is 21.3. The first-order valence-electron chi connectivity index (χ1n) is 11.6. The lowest BCUT2D eigenvalue weighted by atomic mass is 10.0. The van der Waals surface area contributed by atoms with Crippen LogP contribution in [0.25, 0.3) is 11.0 Å². The van der Waals surface area contributed by atoms with Crippen LogP contribution in [-0.2, 0) is 0 Å². The summed E-state index contributed by atoms with van der Waals surface area (Å²) in [5.41, 5.74) is 0.390. The third-order valence-electron chi connectivity index (χ3n) is 5.69. The van der Waals surface area contributed by atoms with Gasteiger partial charge in [-0.25, -0.2) is 9.78 Å². The summed E-state index contributed by atoms with van der Waals surface area (Å²) in [4.78, 5) is 59.9. The number of nitrogens with zero attached hydrogens (tertiary/aromatic N) is 2. The van der Waals surface area contributed by atoms with E-state index in [1.807, 2.05) is 6.07 Å². The highest BCUT2D eigenvalue weighted by atomic mass is 35.5. The Balaban J connectivity index is 1.45.